The van der Waals surface area contributed by atoms with E-state index < -0.39 is 0 Å². The fourth-order valence-corrected chi connectivity index (χ4v) is 1.82. The summed E-state index contributed by atoms with van der Waals surface area (Å²) in [5.41, 5.74) is 6.79. The zero-order chi connectivity index (χ0) is 10.6. The van der Waals surface area contributed by atoms with E-state index in [0.717, 1.165) is 29.3 Å². The molecule has 1 aromatic rings. The predicted molar refractivity (Wildman–Crippen MR) is 60.7 cm³/mol. The van der Waals surface area contributed by atoms with E-state index in [4.69, 9.17) is 5.73 Å². The Balaban J connectivity index is 2.58. The molecule has 1 unspecified atom stereocenters. The van der Waals surface area contributed by atoms with Crippen molar-refractivity contribution >= 4 is 15.9 Å². The fraction of sp³-hybridized carbons (Fsp3) is 0.455. The summed E-state index contributed by atoms with van der Waals surface area (Å²) in [4.78, 5) is 0. The van der Waals surface area contributed by atoms with Gasteiger partial charge in [0.2, 0.25) is 0 Å². The third-order valence-corrected chi connectivity index (χ3v) is 2.71. The number of aryl methyl sites for hydroxylation is 1. The molecule has 0 heterocycles. The van der Waals surface area contributed by atoms with Crippen LogP contribution in [0, 0.1) is 5.82 Å². The molecule has 0 aliphatic rings. The predicted octanol–water partition coefficient (Wildman–Crippen LogP) is 3.26. The standard InChI is InChI=1S/C11H15BrFN/c1-2-11(14)4-3-8-5-9(12)7-10(13)6-8/h5-7,11H,2-4,14H2,1H3. The molecule has 1 rings (SSSR count). The topological polar surface area (TPSA) is 26.0 Å². The van der Waals surface area contributed by atoms with Crippen LogP contribution in [0.3, 0.4) is 0 Å². The summed E-state index contributed by atoms with van der Waals surface area (Å²) in [5.74, 6) is -0.195. The Bertz CT molecular complexity index is 281. The minimum Gasteiger partial charge on any atom is -0.328 e. The normalized spacial score (nSPS) is 12.9. The van der Waals surface area contributed by atoms with Crippen molar-refractivity contribution in [2.75, 3.05) is 0 Å². The molecule has 0 spiro atoms. The first-order valence-corrected chi connectivity index (χ1v) is 5.61. The van der Waals surface area contributed by atoms with E-state index in [2.05, 4.69) is 22.9 Å². The first-order valence-electron chi connectivity index (χ1n) is 4.82. The molecule has 0 aromatic heterocycles. The van der Waals surface area contributed by atoms with Crippen molar-refractivity contribution in [1.82, 2.24) is 0 Å². The van der Waals surface area contributed by atoms with Gasteiger partial charge in [-0.3, -0.25) is 0 Å². The van der Waals surface area contributed by atoms with Crippen molar-refractivity contribution in [3.63, 3.8) is 0 Å². The van der Waals surface area contributed by atoms with E-state index in [1.54, 1.807) is 6.07 Å². The maximum atomic E-state index is 13.0. The van der Waals surface area contributed by atoms with Crippen LogP contribution in [0.4, 0.5) is 4.39 Å². The molecule has 2 N–H and O–H groups in total. The van der Waals surface area contributed by atoms with Crippen molar-refractivity contribution in [1.29, 1.82) is 0 Å². The Kier molecular flexibility index (Phi) is 4.55. The molecule has 0 fully saturated rings. The van der Waals surface area contributed by atoms with Gasteiger partial charge in [-0.15, -0.1) is 0 Å². The highest BCUT2D eigenvalue weighted by Crippen LogP contribution is 2.16. The number of benzene rings is 1. The molecule has 78 valence electrons. The number of halogens is 2. The Morgan fingerprint density at radius 2 is 2.14 bits per heavy atom. The van der Waals surface area contributed by atoms with Gasteiger partial charge in [0, 0.05) is 10.5 Å². The minimum atomic E-state index is -0.195. The van der Waals surface area contributed by atoms with Crippen LogP contribution < -0.4 is 5.73 Å². The SMILES string of the molecule is CCC(N)CCc1cc(F)cc(Br)c1. The molecule has 14 heavy (non-hydrogen) atoms. The van der Waals surface area contributed by atoms with E-state index in [9.17, 15) is 4.39 Å². The van der Waals surface area contributed by atoms with Gasteiger partial charge in [-0.1, -0.05) is 22.9 Å². The molecule has 0 saturated heterocycles. The zero-order valence-corrected chi connectivity index (χ0v) is 9.85. The molecule has 1 aromatic carbocycles. The van der Waals surface area contributed by atoms with E-state index in [-0.39, 0.29) is 11.9 Å². The van der Waals surface area contributed by atoms with Crippen LogP contribution in [0.25, 0.3) is 0 Å². The summed E-state index contributed by atoms with van der Waals surface area (Å²) < 4.78 is 13.8. The van der Waals surface area contributed by atoms with Crippen LogP contribution in [0.15, 0.2) is 22.7 Å². The minimum absolute atomic E-state index is 0.195. The lowest BCUT2D eigenvalue weighted by Crippen LogP contribution is -2.19. The van der Waals surface area contributed by atoms with Crippen molar-refractivity contribution in [2.45, 2.75) is 32.2 Å². The number of nitrogens with two attached hydrogens (primary N) is 1. The van der Waals surface area contributed by atoms with Crippen molar-refractivity contribution in [2.24, 2.45) is 5.73 Å². The van der Waals surface area contributed by atoms with Gasteiger partial charge in [0.15, 0.2) is 0 Å². The zero-order valence-electron chi connectivity index (χ0n) is 8.26. The van der Waals surface area contributed by atoms with Crippen LogP contribution in [0.5, 0.6) is 0 Å². The van der Waals surface area contributed by atoms with Crippen molar-refractivity contribution in [3.05, 3.63) is 34.1 Å². The van der Waals surface area contributed by atoms with E-state index in [0.29, 0.717) is 0 Å². The molecular weight excluding hydrogens is 245 g/mol. The Morgan fingerprint density at radius 1 is 1.43 bits per heavy atom. The highest BCUT2D eigenvalue weighted by atomic mass is 79.9. The number of hydrogen-bond donors (Lipinski definition) is 1. The van der Waals surface area contributed by atoms with Gasteiger partial charge in [-0.05, 0) is 43.0 Å². The number of hydrogen-bond acceptors (Lipinski definition) is 1. The first-order chi connectivity index (χ1) is 6.61. The van der Waals surface area contributed by atoms with Crippen LogP contribution >= 0.6 is 15.9 Å². The molecule has 1 atom stereocenters. The van der Waals surface area contributed by atoms with Gasteiger partial charge < -0.3 is 5.73 Å². The quantitative estimate of drug-likeness (QED) is 0.883. The molecule has 0 radical (unpaired) electrons. The monoisotopic (exact) mass is 259 g/mol. The Morgan fingerprint density at radius 3 is 2.71 bits per heavy atom. The van der Waals surface area contributed by atoms with Crippen molar-refractivity contribution < 1.29 is 4.39 Å². The molecule has 0 amide bonds. The van der Waals surface area contributed by atoms with Crippen LogP contribution in [0.1, 0.15) is 25.3 Å². The molecule has 0 bridgehead atoms. The lowest BCUT2D eigenvalue weighted by Gasteiger charge is -2.08. The third-order valence-electron chi connectivity index (χ3n) is 2.25. The van der Waals surface area contributed by atoms with E-state index in [1.807, 2.05) is 6.07 Å². The summed E-state index contributed by atoms with van der Waals surface area (Å²) in [6, 6.07) is 5.18. The van der Waals surface area contributed by atoms with Crippen LogP contribution in [-0.2, 0) is 6.42 Å². The summed E-state index contributed by atoms with van der Waals surface area (Å²) in [5, 5.41) is 0. The highest BCUT2D eigenvalue weighted by molar-refractivity contribution is 9.10. The maximum Gasteiger partial charge on any atom is 0.124 e. The van der Waals surface area contributed by atoms with Gasteiger partial charge in [0.1, 0.15) is 5.82 Å². The second kappa shape index (κ2) is 5.47. The Labute approximate surface area is 92.6 Å². The molecule has 1 nitrogen and oxygen atoms in total. The highest BCUT2D eigenvalue weighted by Gasteiger charge is 2.02. The third kappa shape index (κ3) is 3.76. The number of rotatable bonds is 4. The summed E-state index contributed by atoms with van der Waals surface area (Å²) in [6.45, 7) is 2.06. The maximum absolute atomic E-state index is 13.0. The molecular formula is C11H15BrFN. The largest absolute Gasteiger partial charge is 0.328 e. The molecule has 0 aliphatic carbocycles. The van der Waals surface area contributed by atoms with Crippen molar-refractivity contribution in [3.8, 4) is 0 Å². The van der Waals surface area contributed by atoms with E-state index in [1.165, 1.54) is 6.07 Å². The van der Waals surface area contributed by atoms with Gasteiger partial charge in [-0.2, -0.15) is 0 Å². The molecule has 0 saturated carbocycles. The van der Waals surface area contributed by atoms with Crippen LogP contribution in [0.2, 0.25) is 0 Å². The second-order valence-electron chi connectivity index (χ2n) is 3.48. The lowest BCUT2D eigenvalue weighted by molar-refractivity contribution is 0.590. The fourth-order valence-electron chi connectivity index (χ4n) is 1.31. The average Bonchev–Trinajstić information content (AvgIpc) is 2.12. The Hall–Kier alpha value is -0.410. The van der Waals surface area contributed by atoms with Gasteiger partial charge in [-0.25, -0.2) is 4.39 Å². The first kappa shape index (κ1) is 11.7. The molecule has 3 heteroatoms. The average molecular weight is 260 g/mol. The summed E-state index contributed by atoms with van der Waals surface area (Å²) in [6.07, 6.45) is 2.72. The van der Waals surface area contributed by atoms with Crippen LogP contribution in [-0.4, -0.2) is 6.04 Å². The van der Waals surface area contributed by atoms with Gasteiger partial charge in [0.25, 0.3) is 0 Å². The van der Waals surface area contributed by atoms with E-state index >= 15 is 0 Å². The summed E-state index contributed by atoms with van der Waals surface area (Å²) >= 11 is 3.27. The second-order valence-corrected chi connectivity index (χ2v) is 4.40. The van der Waals surface area contributed by atoms with Gasteiger partial charge in [0.05, 0.1) is 0 Å². The molecule has 0 aliphatic heterocycles. The summed E-state index contributed by atoms with van der Waals surface area (Å²) in [7, 11) is 0. The smallest absolute Gasteiger partial charge is 0.124 e. The lowest BCUT2D eigenvalue weighted by atomic mass is 10.0. The van der Waals surface area contributed by atoms with Gasteiger partial charge >= 0.3 is 0 Å².